The minimum atomic E-state index is -0.0998. The maximum atomic E-state index is 9.28. The zero-order chi connectivity index (χ0) is 19.9. The quantitative estimate of drug-likeness (QED) is 0.516. The van der Waals surface area contributed by atoms with Gasteiger partial charge in [-0.05, 0) is 30.2 Å². The zero-order valence-corrected chi connectivity index (χ0v) is 16.0. The summed E-state index contributed by atoms with van der Waals surface area (Å²) in [5.41, 5.74) is 9.90. The largest absolute Gasteiger partial charge is 0.497 e. The fourth-order valence-electron chi connectivity index (χ4n) is 2.78. The summed E-state index contributed by atoms with van der Waals surface area (Å²) in [6, 6.07) is 15.5. The van der Waals surface area contributed by atoms with E-state index in [-0.39, 0.29) is 12.6 Å². The van der Waals surface area contributed by atoms with Crippen LogP contribution in [0.1, 0.15) is 11.1 Å². The highest BCUT2D eigenvalue weighted by Crippen LogP contribution is 2.26. The number of methoxy groups -OCH3 is 2. The molecule has 0 spiro atoms. The fourth-order valence-corrected chi connectivity index (χ4v) is 2.78. The number of aliphatic hydroxyl groups excluding tert-OH is 1. The topological polar surface area (TPSA) is 103 Å². The van der Waals surface area contributed by atoms with Crippen LogP contribution in [0.3, 0.4) is 0 Å². The third-order valence-corrected chi connectivity index (χ3v) is 4.38. The molecule has 3 aromatic rings. The molecule has 0 saturated carbocycles. The lowest BCUT2D eigenvalue weighted by atomic mass is 10.1. The van der Waals surface area contributed by atoms with E-state index in [0.717, 1.165) is 17.7 Å². The monoisotopic (exact) mass is 380 g/mol. The van der Waals surface area contributed by atoms with E-state index >= 15 is 0 Å². The highest BCUT2D eigenvalue weighted by molar-refractivity contribution is 5.68. The molecule has 0 unspecified atom stereocenters. The molecule has 0 radical (unpaired) electrons. The van der Waals surface area contributed by atoms with Gasteiger partial charge in [0.2, 0.25) is 0 Å². The number of hydrogen-bond acceptors (Lipinski definition) is 7. The van der Waals surface area contributed by atoms with Crippen LogP contribution in [0.5, 0.6) is 11.8 Å². The zero-order valence-electron chi connectivity index (χ0n) is 16.0. The normalized spacial score (nSPS) is 10.5. The number of rotatable bonds is 8. The summed E-state index contributed by atoms with van der Waals surface area (Å²) in [6.07, 6.45) is 0.837. The second kappa shape index (κ2) is 9.05. The van der Waals surface area contributed by atoms with Crippen molar-refractivity contribution in [3.63, 3.8) is 0 Å². The number of anilines is 2. The van der Waals surface area contributed by atoms with E-state index in [1.807, 2.05) is 36.4 Å². The number of ether oxygens (including phenoxy) is 2. The first-order valence-corrected chi connectivity index (χ1v) is 8.92. The third-order valence-electron chi connectivity index (χ3n) is 4.38. The Labute approximate surface area is 164 Å². The highest BCUT2D eigenvalue weighted by Gasteiger charge is 2.09. The van der Waals surface area contributed by atoms with E-state index in [2.05, 4.69) is 15.3 Å². The fraction of sp³-hybridized carbons (Fsp3) is 0.238. The average molecular weight is 380 g/mol. The lowest BCUT2D eigenvalue weighted by Gasteiger charge is -2.11. The van der Waals surface area contributed by atoms with Crippen LogP contribution < -0.4 is 20.5 Å². The molecule has 0 fully saturated rings. The van der Waals surface area contributed by atoms with Crippen LogP contribution in [0.15, 0.2) is 48.5 Å². The Morgan fingerprint density at radius 1 is 1.00 bits per heavy atom. The van der Waals surface area contributed by atoms with Crippen LogP contribution >= 0.6 is 0 Å². The molecule has 146 valence electrons. The number of hydrogen-bond donors (Lipinski definition) is 3. The predicted molar refractivity (Wildman–Crippen MR) is 110 cm³/mol. The molecule has 4 N–H and O–H groups in total. The molecule has 0 bridgehead atoms. The molecule has 28 heavy (non-hydrogen) atoms. The van der Waals surface area contributed by atoms with Crippen LogP contribution in [0.2, 0.25) is 0 Å². The Morgan fingerprint density at radius 2 is 1.79 bits per heavy atom. The molecule has 0 aliphatic heterocycles. The van der Waals surface area contributed by atoms with Crippen molar-refractivity contribution < 1.29 is 14.6 Å². The van der Waals surface area contributed by atoms with Gasteiger partial charge in [-0.1, -0.05) is 24.3 Å². The summed E-state index contributed by atoms with van der Waals surface area (Å²) in [6.45, 7) is 0.606. The lowest BCUT2D eigenvalue weighted by Crippen LogP contribution is -2.08. The summed E-state index contributed by atoms with van der Waals surface area (Å²) in [7, 11) is 3.19. The van der Waals surface area contributed by atoms with E-state index in [1.54, 1.807) is 19.2 Å². The van der Waals surface area contributed by atoms with Crippen molar-refractivity contribution in [2.24, 2.45) is 0 Å². The molecule has 0 amide bonds. The van der Waals surface area contributed by atoms with Gasteiger partial charge in [0, 0.05) is 29.4 Å². The van der Waals surface area contributed by atoms with E-state index in [1.165, 1.54) is 12.7 Å². The van der Waals surface area contributed by atoms with Crippen molar-refractivity contribution >= 4 is 11.5 Å². The van der Waals surface area contributed by atoms with Crippen molar-refractivity contribution in [2.45, 2.75) is 13.0 Å². The molecule has 2 aromatic carbocycles. The molecule has 3 rings (SSSR count). The molecule has 7 heteroatoms. The van der Waals surface area contributed by atoms with Crippen molar-refractivity contribution in [1.82, 2.24) is 9.97 Å². The molecule has 0 aliphatic rings. The Kier molecular flexibility index (Phi) is 6.29. The summed E-state index contributed by atoms with van der Waals surface area (Å²) < 4.78 is 10.4. The first kappa shape index (κ1) is 19.4. The van der Waals surface area contributed by atoms with Gasteiger partial charge in [-0.3, -0.25) is 0 Å². The molecule has 1 aromatic heterocycles. The van der Waals surface area contributed by atoms with Crippen molar-refractivity contribution in [1.29, 1.82) is 0 Å². The number of aromatic nitrogens is 2. The second-order valence-corrected chi connectivity index (χ2v) is 6.22. The Hall–Kier alpha value is -3.32. The Bertz CT molecular complexity index is 929. The van der Waals surface area contributed by atoms with E-state index in [4.69, 9.17) is 15.2 Å². The molecule has 0 aliphatic carbocycles. The van der Waals surface area contributed by atoms with E-state index < -0.39 is 0 Å². The van der Waals surface area contributed by atoms with Crippen LogP contribution in [0, 0.1) is 0 Å². The SMILES string of the molecule is COc1ccc(CCNc2cc(-c3ccc(CO)c(N)c3)nc(OC)n2)cc1. The number of nitrogens with one attached hydrogen (secondary N) is 1. The minimum absolute atomic E-state index is 0.0998. The van der Waals surface area contributed by atoms with Crippen LogP contribution in [-0.2, 0) is 13.0 Å². The maximum absolute atomic E-state index is 9.28. The van der Waals surface area contributed by atoms with Crippen molar-refractivity contribution in [3.05, 3.63) is 59.7 Å². The highest BCUT2D eigenvalue weighted by atomic mass is 16.5. The Balaban J connectivity index is 1.74. The predicted octanol–water partition coefficient (Wildman–Crippen LogP) is 2.89. The van der Waals surface area contributed by atoms with Crippen LogP contribution in [0.25, 0.3) is 11.3 Å². The van der Waals surface area contributed by atoms with E-state index in [0.29, 0.717) is 29.3 Å². The molecular formula is C21H24N4O3. The summed E-state index contributed by atoms with van der Waals surface area (Å²) in [4.78, 5) is 8.76. The van der Waals surface area contributed by atoms with Gasteiger partial charge in [-0.15, -0.1) is 0 Å². The second-order valence-electron chi connectivity index (χ2n) is 6.22. The molecule has 7 nitrogen and oxygen atoms in total. The first-order chi connectivity index (χ1) is 13.6. The molecule has 0 saturated heterocycles. The number of aliphatic hydroxyl groups is 1. The average Bonchev–Trinajstić information content (AvgIpc) is 2.74. The van der Waals surface area contributed by atoms with Gasteiger partial charge in [-0.25, -0.2) is 0 Å². The first-order valence-electron chi connectivity index (χ1n) is 8.92. The van der Waals surface area contributed by atoms with E-state index in [9.17, 15) is 5.11 Å². The maximum Gasteiger partial charge on any atom is 0.318 e. The van der Waals surface area contributed by atoms with Gasteiger partial charge in [0.05, 0.1) is 26.5 Å². The van der Waals surface area contributed by atoms with Gasteiger partial charge in [0.1, 0.15) is 11.6 Å². The molecule has 0 atom stereocenters. The van der Waals surface area contributed by atoms with Gasteiger partial charge < -0.3 is 25.6 Å². The minimum Gasteiger partial charge on any atom is -0.497 e. The van der Waals surface area contributed by atoms with Crippen molar-refractivity contribution in [3.8, 4) is 23.0 Å². The van der Waals surface area contributed by atoms with Gasteiger partial charge in [0.25, 0.3) is 0 Å². The number of nitrogens with two attached hydrogens (primary N) is 1. The van der Waals surface area contributed by atoms with Gasteiger partial charge >= 0.3 is 6.01 Å². The molecular weight excluding hydrogens is 356 g/mol. The smallest absolute Gasteiger partial charge is 0.318 e. The summed E-state index contributed by atoms with van der Waals surface area (Å²) in [5.74, 6) is 1.51. The summed E-state index contributed by atoms with van der Waals surface area (Å²) in [5, 5.41) is 12.6. The number of nitrogens with zero attached hydrogens (tertiary/aromatic N) is 2. The number of benzene rings is 2. The van der Waals surface area contributed by atoms with Crippen LogP contribution in [0.4, 0.5) is 11.5 Å². The standard InChI is InChI=1S/C21H24N4O3/c1-27-17-7-3-14(4-8-17)9-10-23-20-12-19(24-21(25-20)28-2)15-5-6-16(13-26)18(22)11-15/h3-8,11-12,26H,9-10,13,22H2,1-2H3,(H,23,24,25). The molecule has 1 heterocycles. The number of nitrogen functional groups attached to an aromatic ring is 1. The third kappa shape index (κ3) is 4.69. The van der Waals surface area contributed by atoms with Gasteiger partial charge in [0.15, 0.2) is 0 Å². The summed E-state index contributed by atoms with van der Waals surface area (Å²) >= 11 is 0. The van der Waals surface area contributed by atoms with Crippen LogP contribution in [-0.4, -0.2) is 35.8 Å². The Morgan fingerprint density at radius 3 is 2.43 bits per heavy atom. The lowest BCUT2D eigenvalue weighted by molar-refractivity contribution is 0.282. The van der Waals surface area contributed by atoms with Gasteiger partial charge in [-0.2, -0.15) is 9.97 Å². The van der Waals surface area contributed by atoms with Crippen molar-refractivity contribution in [2.75, 3.05) is 31.8 Å².